The van der Waals surface area contributed by atoms with Crippen molar-refractivity contribution in [3.8, 4) is 11.5 Å². The molecule has 2 fully saturated rings. The molecule has 1 aromatic rings. The fraction of sp³-hybridized carbons (Fsp3) is 0.684. The predicted molar refractivity (Wildman–Crippen MR) is 98.8 cm³/mol. The molecule has 0 unspecified atom stereocenters. The van der Waals surface area contributed by atoms with E-state index in [1.54, 1.807) is 0 Å². The van der Waals surface area contributed by atoms with E-state index in [1.807, 2.05) is 39.3 Å². The van der Waals surface area contributed by atoms with Crippen molar-refractivity contribution < 1.29 is 24.1 Å². The Labute approximate surface area is 159 Å². The van der Waals surface area contributed by atoms with Gasteiger partial charge in [0.25, 0.3) is 0 Å². The first kappa shape index (κ1) is 18.9. The highest BCUT2D eigenvalue weighted by molar-refractivity contribution is 5.44. The van der Waals surface area contributed by atoms with Crippen molar-refractivity contribution in [1.29, 1.82) is 0 Å². The van der Waals surface area contributed by atoms with E-state index in [0.717, 1.165) is 30.2 Å². The highest BCUT2D eigenvalue weighted by Gasteiger charge is 2.51. The number of aliphatic hydroxyl groups excluding tert-OH is 1. The van der Waals surface area contributed by atoms with E-state index in [0.29, 0.717) is 13.2 Å². The maximum Gasteiger partial charge on any atom is 0.231 e. The highest BCUT2D eigenvalue weighted by atomic mass is 16.7. The number of likely N-dealkylation sites (N-methyl/N-ethyl adjacent to an activating group) is 2. The number of rotatable bonds is 7. The molecule has 0 amide bonds. The third-order valence-electron chi connectivity index (χ3n) is 5.52. The molecule has 3 aliphatic rings. The molecule has 150 valence electrons. The maximum absolute atomic E-state index is 11.1. The van der Waals surface area contributed by atoms with E-state index in [4.69, 9.17) is 18.9 Å². The van der Waals surface area contributed by atoms with Gasteiger partial charge in [-0.25, -0.2) is 0 Å². The molecular formula is C19H29N3O5. The molecule has 5 atom stereocenters. The molecule has 0 saturated carbocycles. The fourth-order valence-corrected chi connectivity index (χ4v) is 3.92. The average molecular weight is 379 g/mol. The molecule has 8 nitrogen and oxygen atoms in total. The van der Waals surface area contributed by atoms with Crippen molar-refractivity contribution in [2.75, 3.05) is 47.6 Å². The Balaban J connectivity index is 1.41. The number of benzene rings is 1. The molecule has 0 spiro atoms. The van der Waals surface area contributed by atoms with Crippen molar-refractivity contribution in [3.05, 3.63) is 23.8 Å². The molecule has 0 aliphatic carbocycles. The van der Waals surface area contributed by atoms with E-state index >= 15 is 0 Å². The lowest BCUT2D eigenvalue weighted by atomic mass is 9.94. The van der Waals surface area contributed by atoms with Crippen LogP contribution in [0.5, 0.6) is 11.5 Å². The van der Waals surface area contributed by atoms with Gasteiger partial charge in [-0.05, 0) is 38.8 Å². The van der Waals surface area contributed by atoms with Gasteiger partial charge in [0.1, 0.15) is 6.10 Å². The van der Waals surface area contributed by atoms with Crippen LogP contribution in [-0.2, 0) is 16.0 Å². The van der Waals surface area contributed by atoms with E-state index in [2.05, 4.69) is 15.1 Å². The van der Waals surface area contributed by atoms with Crippen LogP contribution in [0.15, 0.2) is 18.2 Å². The highest BCUT2D eigenvalue weighted by Crippen LogP contribution is 2.33. The second-order valence-electron chi connectivity index (χ2n) is 7.74. The normalized spacial score (nSPS) is 31.9. The summed E-state index contributed by atoms with van der Waals surface area (Å²) in [6.45, 7) is 3.11. The summed E-state index contributed by atoms with van der Waals surface area (Å²) in [4.78, 5) is 4.26. The molecule has 2 bridgehead atoms. The van der Waals surface area contributed by atoms with Crippen LogP contribution in [-0.4, -0.2) is 93.1 Å². The lowest BCUT2D eigenvalue weighted by Crippen LogP contribution is -2.64. The third kappa shape index (κ3) is 3.91. The zero-order valence-electron chi connectivity index (χ0n) is 16.1. The maximum atomic E-state index is 11.1. The summed E-state index contributed by atoms with van der Waals surface area (Å²) in [6.07, 6.45) is -1.09. The summed E-state index contributed by atoms with van der Waals surface area (Å²) < 4.78 is 22.7. The monoisotopic (exact) mass is 379 g/mol. The molecular weight excluding hydrogens is 350 g/mol. The van der Waals surface area contributed by atoms with Gasteiger partial charge in [-0.1, -0.05) is 6.07 Å². The number of nitrogens with zero attached hydrogens (tertiary/aromatic N) is 2. The van der Waals surface area contributed by atoms with Crippen LogP contribution < -0.4 is 14.8 Å². The molecule has 0 aromatic heterocycles. The minimum absolute atomic E-state index is 0.141. The SMILES string of the molecule is CN(C)CCN(C)[C@H]1[C@@H]2OC[C@@H](O2)[C@@H](NCc2ccc3c(c2)OCO3)[C@@H]1O. The van der Waals surface area contributed by atoms with E-state index in [-0.39, 0.29) is 31.3 Å². The Bertz CT molecular complexity index is 658. The van der Waals surface area contributed by atoms with Crippen molar-refractivity contribution in [2.45, 2.75) is 37.1 Å². The number of ether oxygens (including phenoxy) is 4. The zero-order chi connectivity index (χ0) is 19.0. The smallest absolute Gasteiger partial charge is 0.231 e. The molecule has 27 heavy (non-hydrogen) atoms. The number of fused-ring (bicyclic) bond motifs is 3. The molecule has 4 rings (SSSR count). The summed E-state index contributed by atoms with van der Waals surface area (Å²) >= 11 is 0. The number of aliphatic hydroxyl groups is 1. The quantitative estimate of drug-likeness (QED) is 0.678. The first-order valence-electron chi connectivity index (χ1n) is 9.45. The number of hydrogen-bond donors (Lipinski definition) is 2. The van der Waals surface area contributed by atoms with E-state index in [9.17, 15) is 5.11 Å². The van der Waals surface area contributed by atoms with Crippen LogP contribution in [0.25, 0.3) is 0 Å². The fourth-order valence-electron chi connectivity index (χ4n) is 3.92. The number of nitrogens with one attached hydrogen (secondary N) is 1. The second-order valence-corrected chi connectivity index (χ2v) is 7.74. The molecule has 1 aromatic carbocycles. The van der Waals surface area contributed by atoms with E-state index in [1.165, 1.54) is 0 Å². The minimum Gasteiger partial charge on any atom is -0.454 e. The Morgan fingerprint density at radius 2 is 1.96 bits per heavy atom. The standard InChI is InChI=1S/C19H29N3O5/c1-21(2)6-7-22(3)17-18(23)16(15-10-24-19(17)27-15)20-9-12-4-5-13-14(8-12)26-11-25-13/h4-5,8,15-20,23H,6-7,9-11H2,1-3H3/t15-,16-,17-,18+,19-/m1/s1. The van der Waals surface area contributed by atoms with Gasteiger partial charge < -0.3 is 34.3 Å². The Morgan fingerprint density at radius 1 is 1.15 bits per heavy atom. The van der Waals surface area contributed by atoms with Gasteiger partial charge in [-0.2, -0.15) is 0 Å². The van der Waals surface area contributed by atoms with E-state index < -0.39 is 6.10 Å². The zero-order valence-corrected chi connectivity index (χ0v) is 16.1. The van der Waals surface area contributed by atoms with Crippen LogP contribution in [0, 0.1) is 0 Å². The Hall–Kier alpha value is -1.42. The van der Waals surface area contributed by atoms with Gasteiger partial charge in [0.05, 0.1) is 24.8 Å². The average Bonchev–Trinajstić information content (AvgIpc) is 3.27. The lowest BCUT2D eigenvalue weighted by Gasteiger charge is -2.43. The van der Waals surface area contributed by atoms with Gasteiger partial charge in [0.15, 0.2) is 17.8 Å². The van der Waals surface area contributed by atoms with Crippen LogP contribution in [0.2, 0.25) is 0 Å². The van der Waals surface area contributed by atoms with Crippen LogP contribution in [0.1, 0.15) is 5.56 Å². The van der Waals surface area contributed by atoms with Crippen LogP contribution >= 0.6 is 0 Å². The summed E-state index contributed by atoms with van der Waals surface area (Å²) in [5.74, 6) is 1.54. The summed E-state index contributed by atoms with van der Waals surface area (Å²) in [5, 5.41) is 14.5. The van der Waals surface area contributed by atoms with Gasteiger partial charge in [0.2, 0.25) is 6.79 Å². The van der Waals surface area contributed by atoms with Crippen LogP contribution in [0.3, 0.4) is 0 Å². The first-order valence-corrected chi connectivity index (χ1v) is 9.45. The van der Waals surface area contributed by atoms with Crippen molar-refractivity contribution in [2.24, 2.45) is 0 Å². The minimum atomic E-state index is -0.572. The number of hydrogen-bond acceptors (Lipinski definition) is 8. The topological polar surface area (TPSA) is 75.7 Å². The Kier molecular flexibility index (Phi) is 5.54. The molecule has 0 radical (unpaired) electrons. The Morgan fingerprint density at radius 3 is 2.78 bits per heavy atom. The molecule has 3 heterocycles. The van der Waals surface area contributed by atoms with Gasteiger partial charge in [-0.15, -0.1) is 0 Å². The molecule has 8 heteroatoms. The third-order valence-corrected chi connectivity index (χ3v) is 5.52. The van der Waals surface area contributed by atoms with Crippen LogP contribution in [0.4, 0.5) is 0 Å². The predicted octanol–water partition coefficient (Wildman–Crippen LogP) is -0.148. The second kappa shape index (κ2) is 7.90. The first-order chi connectivity index (χ1) is 13.0. The summed E-state index contributed by atoms with van der Waals surface area (Å²) in [7, 11) is 6.09. The molecule has 3 aliphatic heterocycles. The lowest BCUT2D eigenvalue weighted by molar-refractivity contribution is -0.179. The molecule has 2 saturated heterocycles. The van der Waals surface area contributed by atoms with Crippen molar-refractivity contribution in [1.82, 2.24) is 15.1 Å². The van der Waals surface area contributed by atoms with Crippen molar-refractivity contribution >= 4 is 0 Å². The van der Waals surface area contributed by atoms with Crippen molar-refractivity contribution in [3.63, 3.8) is 0 Å². The van der Waals surface area contributed by atoms with Gasteiger partial charge in [-0.3, -0.25) is 4.90 Å². The summed E-state index contributed by atoms with van der Waals surface area (Å²) in [6, 6.07) is 5.50. The van der Waals surface area contributed by atoms with Gasteiger partial charge >= 0.3 is 0 Å². The van der Waals surface area contributed by atoms with Gasteiger partial charge in [0, 0.05) is 19.6 Å². The largest absolute Gasteiger partial charge is 0.454 e. The summed E-state index contributed by atoms with van der Waals surface area (Å²) in [5.41, 5.74) is 1.07. The molecule has 2 N–H and O–H groups in total.